The summed E-state index contributed by atoms with van der Waals surface area (Å²) in [5.41, 5.74) is 0.287. The lowest BCUT2D eigenvalue weighted by molar-refractivity contribution is -0.139. The van der Waals surface area contributed by atoms with E-state index in [9.17, 15) is 9.59 Å². The summed E-state index contributed by atoms with van der Waals surface area (Å²) in [6.45, 7) is 6.07. The van der Waals surface area contributed by atoms with Gasteiger partial charge in [-0.2, -0.15) is 0 Å². The molecule has 1 heterocycles. The fourth-order valence-corrected chi connectivity index (χ4v) is 3.92. The van der Waals surface area contributed by atoms with Crippen LogP contribution in [0.4, 0.5) is 0 Å². The number of carbonyl (C=O) groups excluding carboxylic acids is 1. The van der Waals surface area contributed by atoms with Gasteiger partial charge in [0.2, 0.25) is 5.91 Å². The van der Waals surface area contributed by atoms with Crippen molar-refractivity contribution in [2.24, 2.45) is 17.3 Å². The van der Waals surface area contributed by atoms with Gasteiger partial charge in [0.1, 0.15) is 0 Å². The number of rotatable bonds is 4. The predicted octanol–water partition coefficient (Wildman–Crippen LogP) is 3.31. The summed E-state index contributed by atoms with van der Waals surface area (Å²) in [7, 11) is 0. The van der Waals surface area contributed by atoms with E-state index in [4.69, 9.17) is 5.11 Å². The number of nitrogens with zero attached hydrogens (tertiary/aromatic N) is 1. The average Bonchev–Trinajstić information content (AvgIpc) is 2.41. The highest BCUT2D eigenvalue weighted by atomic mass is 16.4. The van der Waals surface area contributed by atoms with E-state index >= 15 is 0 Å². The van der Waals surface area contributed by atoms with Crippen molar-refractivity contribution in [2.45, 2.75) is 65.2 Å². The Labute approximate surface area is 127 Å². The molecule has 0 spiro atoms. The Morgan fingerprint density at radius 1 is 1.10 bits per heavy atom. The van der Waals surface area contributed by atoms with Crippen LogP contribution in [0.2, 0.25) is 0 Å². The van der Waals surface area contributed by atoms with E-state index in [-0.39, 0.29) is 23.7 Å². The molecule has 4 nitrogen and oxygen atoms in total. The SMILES string of the molecule is CC1(C)CCCCC1CC(=O)N1CCC(CC(=O)O)CC1. The molecule has 1 aliphatic heterocycles. The van der Waals surface area contributed by atoms with Gasteiger partial charge in [-0.25, -0.2) is 0 Å². The van der Waals surface area contributed by atoms with Crippen LogP contribution in [-0.4, -0.2) is 35.0 Å². The van der Waals surface area contributed by atoms with Gasteiger partial charge in [0.05, 0.1) is 0 Å². The zero-order valence-corrected chi connectivity index (χ0v) is 13.4. The molecule has 0 aromatic heterocycles. The number of piperidine rings is 1. The van der Waals surface area contributed by atoms with Crippen LogP contribution in [0.15, 0.2) is 0 Å². The van der Waals surface area contributed by atoms with Crippen LogP contribution in [0.25, 0.3) is 0 Å². The Balaban J connectivity index is 1.80. The lowest BCUT2D eigenvalue weighted by atomic mass is 9.67. The Morgan fingerprint density at radius 2 is 1.76 bits per heavy atom. The number of carbonyl (C=O) groups is 2. The predicted molar refractivity (Wildman–Crippen MR) is 81.9 cm³/mol. The molecule has 1 unspecified atom stereocenters. The standard InChI is InChI=1S/C17H29NO3/c1-17(2)8-4-3-5-14(17)12-15(19)18-9-6-13(7-10-18)11-16(20)21/h13-14H,3-12H2,1-2H3,(H,20,21). The van der Waals surface area contributed by atoms with Gasteiger partial charge in [-0.1, -0.05) is 26.7 Å². The third-order valence-electron chi connectivity index (χ3n) is 5.58. The van der Waals surface area contributed by atoms with Gasteiger partial charge in [0.15, 0.2) is 0 Å². The largest absolute Gasteiger partial charge is 0.481 e. The minimum atomic E-state index is -0.719. The maximum absolute atomic E-state index is 12.5. The molecule has 4 heteroatoms. The summed E-state index contributed by atoms with van der Waals surface area (Å²) in [5, 5.41) is 8.83. The minimum Gasteiger partial charge on any atom is -0.481 e. The maximum Gasteiger partial charge on any atom is 0.303 e. The number of amides is 1. The first-order valence-corrected chi connectivity index (χ1v) is 8.38. The van der Waals surface area contributed by atoms with Crippen LogP contribution in [0.5, 0.6) is 0 Å². The Kier molecular flexibility index (Phi) is 5.28. The Bertz CT molecular complexity index is 383. The van der Waals surface area contributed by atoms with Gasteiger partial charge in [-0.15, -0.1) is 0 Å². The molecular weight excluding hydrogens is 266 g/mol. The molecule has 1 aliphatic carbocycles. The molecule has 0 bridgehead atoms. The van der Waals surface area contributed by atoms with E-state index in [0.29, 0.717) is 12.3 Å². The molecule has 1 saturated heterocycles. The number of aliphatic carboxylic acids is 1. The molecule has 1 amide bonds. The highest BCUT2D eigenvalue weighted by Crippen LogP contribution is 2.42. The van der Waals surface area contributed by atoms with Gasteiger partial charge in [0, 0.05) is 25.9 Å². The molecule has 120 valence electrons. The molecule has 0 radical (unpaired) electrons. The van der Waals surface area contributed by atoms with Gasteiger partial charge in [-0.05, 0) is 42.9 Å². The van der Waals surface area contributed by atoms with Crippen LogP contribution in [0.1, 0.15) is 65.2 Å². The van der Waals surface area contributed by atoms with Crippen LogP contribution < -0.4 is 0 Å². The topological polar surface area (TPSA) is 57.6 Å². The van der Waals surface area contributed by atoms with Crippen molar-refractivity contribution in [3.8, 4) is 0 Å². The van der Waals surface area contributed by atoms with Crippen molar-refractivity contribution in [3.05, 3.63) is 0 Å². The van der Waals surface area contributed by atoms with Crippen LogP contribution >= 0.6 is 0 Å². The van der Waals surface area contributed by atoms with Crippen molar-refractivity contribution in [3.63, 3.8) is 0 Å². The molecule has 21 heavy (non-hydrogen) atoms. The maximum atomic E-state index is 12.5. The second kappa shape index (κ2) is 6.80. The fourth-order valence-electron chi connectivity index (χ4n) is 3.92. The van der Waals surface area contributed by atoms with E-state index in [1.165, 1.54) is 25.7 Å². The highest BCUT2D eigenvalue weighted by molar-refractivity contribution is 5.76. The quantitative estimate of drug-likeness (QED) is 0.865. The summed E-state index contributed by atoms with van der Waals surface area (Å²) in [5.74, 6) is 0.320. The molecule has 0 aromatic rings. The molecule has 2 fully saturated rings. The van der Waals surface area contributed by atoms with Crippen molar-refractivity contribution >= 4 is 11.9 Å². The minimum absolute atomic E-state index is 0.248. The Hall–Kier alpha value is -1.06. The van der Waals surface area contributed by atoms with E-state index in [0.717, 1.165) is 25.9 Å². The van der Waals surface area contributed by atoms with Crippen molar-refractivity contribution in [1.29, 1.82) is 0 Å². The summed E-state index contributed by atoms with van der Waals surface area (Å²) in [6.07, 6.45) is 7.55. The van der Waals surface area contributed by atoms with Crippen LogP contribution in [-0.2, 0) is 9.59 Å². The first-order valence-electron chi connectivity index (χ1n) is 8.38. The molecule has 2 aliphatic rings. The summed E-state index contributed by atoms with van der Waals surface area (Å²) in [4.78, 5) is 25.2. The first-order chi connectivity index (χ1) is 9.88. The summed E-state index contributed by atoms with van der Waals surface area (Å²) < 4.78 is 0. The van der Waals surface area contributed by atoms with Crippen molar-refractivity contribution in [2.75, 3.05) is 13.1 Å². The number of carboxylic acid groups (broad SMARTS) is 1. The summed E-state index contributed by atoms with van der Waals surface area (Å²) >= 11 is 0. The van der Waals surface area contributed by atoms with E-state index in [1.807, 2.05) is 4.90 Å². The smallest absolute Gasteiger partial charge is 0.303 e. The molecule has 2 rings (SSSR count). The second-order valence-electron chi connectivity index (χ2n) is 7.56. The van der Waals surface area contributed by atoms with E-state index < -0.39 is 5.97 Å². The average molecular weight is 295 g/mol. The van der Waals surface area contributed by atoms with Gasteiger partial charge >= 0.3 is 5.97 Å². The monoisotopic (exact) mass is 295 g/mol. The number of hydrogen-bond acceptors (Lipinski definition) is 2. The molecule has 1 N–H and O–H groups in total. The lowest BCUT2D eigenvalue weighted by Gasteiger charge is -2.40. The lowest BCUT2D eigenvalue weighted by Crippen LogP contribution is -2.41. The highest BCUT2D eigenvalue weighted by Gasteiger charge is 2.35. The van der Waals surface area contributed by atoms with Crippen molar-refractivity contribution < 1.29 is 14.7 Å². The van der Waals surface area contributed by atoms with Crippen LogP contribution in [0.3, 0.4) is 0 Å². The number of hydrogen-bond donors (Lipinski definition) is 1. The molecule has 1 atom stereocenters. The van der Waals surface area contributed by atoms with Gasteiger partial charge < -0.3 is 10.0 Å². The number of likely N-dealkylation sites (tertiary alicyclic amines) is 1. The zero-order valence-electron chi connectivity index (χ0n) is 13.4. The summed E-state index contributed by atoms with van der Waals surface area (Å²) in [6, 6.07) is 0. The Morgan fingerprint density at radius 3 is 2.33 bits per heavy atom. The molecular formula is C17H29NO3. The number of carboxylic acids is 1. The third kappa shape index (κ3) is 4.45. The van der Waals surface area contributed by atoms with Gasteiger partial charge in [0.25, 0.3) is 0 Å². The third-order valence-corrected chi connectivity index (χ3v) is 5.58. The first kappa shape index (κ1) is 16.3. The van der Waals surface area contributed by atoms with Crippen LogP contribution in [0, 0.1) is 17.3 Å². The second-order valence-corrected chi connectivity index (χ2v) is 7.56. The fraction of sp³-hybridized carbons (Fsp3) is 0.882. The molecule has 0 aromatic carbocycles. The van der Waals surface area contributed by atoms with Crippen molar-refractivity contribution in [1.82, 2.24) is 4.90 Å². The van der Waals surface area contributed by atoms with E-state index in [2.05, 4.69) is 13.8 Å². The molecule has 1 saturated carbocycles. The zero-order chi connectivity index (χ0) is 15.5. The van der Waals surface area contributed by atoms with E-state index in [1.54, 1.807) is 0 Å². The normalized spacial score (nSPS) is 26.6. The van der Waals surface area contributed by atoms with Gasteiger partial charge in [-0.3, -0.25) is 9.59 Å².